The van der Waals surface area contributed by atoms with E-state index in [-0.39, 0.29) is 25.6 Å². The van der Waals surface area contributed by atoms with Crippen LogP contribution in [0.5, 0.6) is 0 Å². The van der Waals surface area contributed by atoms with E-state index < -0.39 is 26.5 Å². The molecule has 0 bridgehead atoms. The van der Waals surface area contributed by atoms with Gasteiger partial charge in [0, 0.05) is 12.8 Å². The summed E-state index contributed by atoms with van der Waals surface area (Å²) in [5.41, 5.74) is 0. The van der Waals surface area contributed by atoms with Crippen molar-refractivity contribution in [3.63, 3.8) is 0 Å². The zero-order valence-corrected chi connectivity index (χ0v) is 71.3. The van der Waals surface area contributed by atoms with Gasteiger partial charge >= 0.3 is 19.8 Å². The fourth-order valence-electron chi connectivity index (χ4n) is 14.6. The number of nitrogens with zero attached hydrogens (tertiary/aromatic N) is 1. The summed E-state index contributed by atoms with van der Waals surface area (Å²) >= 11 is 0. The first-order valence-electron chi connectivity index (χ1n) is 46.6. The third kappa shape index (κ3) is 89.3. The van der Waals surface area contributed by atoms with Crippen molar-refractivity contribution >= 4 is 19.8 Å². The predicted molar refractivity (Wildman–Crippen MR) is 451 cm³/mol. The lowest BCUT2D eigenvalue weighted by Gasteiger charge is -2.24. The lowest BCUT2D eigenvalue weighted by molar-refractivity contribution is -0.870. The molecule has 0 aromatic rings. The second-order valence-electron chi connectivity index (χ2n) is 33.4. The molecule has 0 aliphatic rings. The van der Waals surface area contributed by atoms with Gasteiger partial charge < -0.3 is 18.9 Å². The zero-order chi connectivity index (χ0) is 74.7. The minimum atomic E-state index is -4.39. The number of rotatable bonds is 89. The van der Waals surface area contributed by atoms with Gasteiger partial charge in [-0.15, -0.1) is 0 Å². The van der Waals surface area contributed by atoms with E-state index in [9.17, 15) is 19.0 Å². The van der Waals surface area contributed by atoms with Gasteiger partial charge in [0.15, 0.2) is 6.10 Å². The van der Waals surface area contributed by atoms with E-state index in [1.807, 2.05) is 21.1 Å². The normalized spacial score (nSPS) is 13.0. The Morgan fingerprint density at radius 2 is 0.524 bits per heavy atom. The van der Waals surface area contributed by atoms with Gasteiger partial charge in [0.05, 0.1) is 27.7 Å². The fraction of sp³-hybridized carbons (Fsp3) is 0.935. The molecule has 0 saturated carbocycles. The first kappa shape index (κ1) is 101. The van der Waals surface area contributed by atoms with Crippen LogP contribution in [0.3, 0.4) is 0 Å². The summed E-state index contributed by atoms with van der Waals surface area (Å²) in [7, 11) is 1.51. The number of carbonyl (C=O) groups is 2. The average molecular weight is 1470 g/mol. The van der Waals surface area contributed by atoms with Crippen molar-refractivity contribution in [3.05, 3.63) is 24.3 Å². The number of likely N-dealkylation sites (N-methyl/N-ethyl adjacent to an activating group) is 1. The number of esters is 2. The molecule has 0 fully saturated rings. The Bertz CT molecular complexity index is 1780. The molecule has 0 rings (SSSR count). The molecule has 0 radical (unpaired) electrons. The molecule has 10 heteroatoms. The fourth-order valence-corrected chi connectivity index (χ4v) is 15.4. The number of carbonyl (C=O) groups excluding carboxylic acids is 2. The Labute approximate surface area is 644 Å². The molecule has 612 valence electrons. The molecule has 0 aliphatic carbocycles. The number of phosphoric ester groups is 1. The molecule has 2 atom stereocenters. The van der Waals surface area contributed by atoms with E-state index in [1.54, 1.807) is 0 Å². The second kappa shape index (κ2) is 84.5. The van der Waals surface area contributed by atoms with Crippen molar-refractivity contribution in [2.24, 2.45) is 0 Å². The molecule has 0 saturated heterocycles. The van der Waals surface area contributed by atoms with Gasteiger partial charge in [-0.1, -0.05) is 475 Å². The van der Waals surface area contributed by atoms with Gasteiger partial charge in [0.25, 0.3) is 0 Å². The van der Waals surface area contributed by atoms with Gasteiger partial charge in [0.2, 0.25) is 0 Å². The van der Waals surface area contributed by atoms with Crippen molar-refractivity contribution in [2.75, 3.05) is 47.5 Å². The Balaban J connectivity index is 3.81. The molecule has 1 N–H and O–H groups in total. The minimum absolute atomic E-state index is 0.0369. The van der Waals surface area contributed by atoms with Crippen LogP contribution >= 0.6 is 7.82 Å². The molecule has 0 aromatic heterocycles. The largest absolute Gasteiger partial charge is 0.472 e. The van der Waals surface area contributed by atoms with Gasteiger partial charge in [0.1, 0.15) is 19.8 Å². The zero-order valence-electron chi connectivity index (χ0n) is 70.4. The van der Waals surface area contributed by atoms with Crippen molar-refractivity contribution < 1.29 is 42.1 Å². The molecule has 0 heterocycles. The highest BCUT2D eigenvalue weighted by molar-refractivity contribution is 7.47. The topological polar surface area (TPSA) is 108 Å². The number of phosphoric acid groups is 1. The number of quaternary nitrogens is 1. The molecular weight excluding hydrogens is 1290 g/mol. The van der Waals surface area contributed by atoms with E-state index in [4.69, 9.17) is 18.5 Å². The Hall–Kier alpha value is -1.51. The van der Waals surface area contributed by atoms with Gasteiger partial charge in [-0.25, -0.2) is 4.57 Å². The Morgan fingerprint density at radius 1 is 0.301 bits per heavy atom. The average Bonchev–Trinajstić information content (AvgIpc) is 0.971. The van der Waals surface area contributed by atoms with Crippen LogP contribution in [0.1, 0.15) is 508 Å². The van der Waals surface area contributed by atoms with Crippen molar-refractivity contribution in [1.29, 1.82) is 0 Å². The van der Waals surface area contributed by atoms with Crippen LogP contribution in [0.2, 0.25) is 0 Å². The number of hydrogen-bond acceptors (Lipinski definition) is 7. The predicted octanol–water partition coefficient (Wildman–Crippen LogP) is 31.5. The van der Waals surface area contributed by atoms with Crippen LogP contribution in [0.4, 0.5) is 0 Å². The van der Waals surface area contributed by atoms with Gasteiger partial charge in [-0.3, -0.25) is 18.6 Å². The highest BCUT2D eigenvalue weighted by Gasteiger charge is 2.27. The van der Waals surface area contributed by atoms with E-state index >= 15 is 0 Å². The van der Waals surface area contributed by atoms with Crippen LogP contribution in [-0.2, 0) is 32.7 Å². The third-order valence-corrected chi connectivity index (χ3v) is 22.7. The number of unbranched alkanes of at least 4 members (excludes halogenated alkanes) is 71. The third-order valence-electron chi connectivity index (χ3n) is 21.7. The highest BCUT2D eigenvalue weighted by atomic mass is 31.2. The van der Waals surface area contributed by atoms with E-state index in [0.717, 1.165) is 44.9 Å². The SMILES string of the molecule is CCCCCCC/C=C\C/C=C\CCCCCCCCCCCCCCCCCCCCCCCCCCCCCCCC(=O)OC(COC(=O)CCCCCCCCCCCCCCCCCCCCCCCCCCCCCCCCCCCCCCCC)COP(=O)(O)OCC[N+](C)(C)C. The van der Waals surface area contributed by atoms with Gasteiger partial charge in [-0.2, -0.15) is 0 Å². The maximum absolute atomic E-state index is 13.0. The maximum Gasteiger partial charge on any atom is 0.472 e. The van der Waals surface area contributed by atoms with E-state index in [1.165, 1.54) is 437 Å². The van der Waals surface area contributed by atoms with Crippen LogP contribution in [0, 0.1) is 0 Å². The summed E-state index contributed by atoms with van der Waals surface area (Å²) in [6, 6.07) is 0. The Kier molecular flexibility index (Phi) is 83.3. The van der Waals surface area contributed by atoms with Crippen LogP contribution < -0.4 is 0 Å². The van der Waals surface area contributed by atoms with Crippen LogP contribution in [0.25, 0.3) is 0 Å². The molecular formula is C93H183NO8P+. The molecule has 0 aromatic carbocycles. The maximum atomic E-state index is 13.0. The first-order valence-corrected chi connectivity index (χ1v) is 48.1. The highest BCUT2D eigenvalue weighted by Crippen LogP contribution is 2.43. The number of ether oxygens (including phenoxy) is 2. The first-order chi connectivity index (χ1) is 50.5. The van der Waals surface area contributed by atoms with Crippen molar-refractivity contribution in [2.45, 2.75) is 514 Å². The Morgan fingerprint density at radius 3 is 0.767 bits per heavy atom. The van der Waals surface area contributed by atoms with Crippen LogP contribution in [0.15, 0.2) is 24.3 Å². The summed E-state index contributed by atoms with van der Waals surface area (Å²) in [4.78, 5) is 36.1. The monoisotopic (exact) mass is 1470 g/mol. The smallest absolute Gasteiger partial charge is 0.462 e. The lowest BCUT2D eigenvalue weighted by Crippen LogP contribution is -2.37. The minimum Gasteiger partial charge on any atom is -0.462 e. The lowest BCUT2D eigenvalue weighted by atomic mass is 10.0. The van der Waals surface area contributed by atoms with E-state index in [0.29, 0.717) is 17.4 Å². The summed E-state index contributed by atoms with van der Waals surface area (Å²) in [6.07, 6.45) is 111. The molecule has 0 spiro atoms. The molecule has 0 aliphatic heterocycles. The van der Waals surface area contributed by atoms with Crippen molar-refractivity contribution in [3.8, 4) is 0 Å². The summed E-state index contributed by atoms with van der Waals surface area (Å²) < 4.78 is 34.9. The van der Waals surface area contributed by atoms with Gasteiger partial charge in [-0.05, 0) is 44.9 Å². The standard InChI is InChI=1S/C93H182NO8P/c1-6-8-10-12-14-16-18-20-22-24-26-28-30-32-34-36-38-40-42-44-46-47-48-50-52-54-56-58-60-62-64-66-68-70-72-74-76-78-80-82-84-86-93(96)102-91(90-101-103(97,98)100-88-87-94(3,4)5)89-99-92(95)85-83-81-79-77-75-73-71-69-67-65-63-61-59-57-55-53-51-49-45-43-41-39-37-35-33-31-29-27-25-23-21-19-17-15-13-11-9-7-2/h18,20,24,26,91H,6-17,19,21-23,25,27-90H2,1-5H3/p+1/b20-18-,26-24-. The summed E-state index contributed by atoms with van der Waals surface area (Å²) in [6.45, 7) is 4.53. The molecule has 0 amide bonds. The van der Waals surface area contributed by atoms with E-state index in [2.05, 4.69) is 38.2 Å². The molecule has 2 unspecified atom stereocenters. The summed E-state index contributed by atoms with van der Waals surface area (Å²) in [5, 5.41) is 0. The summed E-state index contributed by atoms with van der Waals surface area (Å²) in [5.74, 6) is -0.764. The second-order valence-corrected chi connectivity index (χ2v) is 34.9. The number of allylic oxidation sites excluding steroid dienone is 4. The van der Waals surface area contributed by atoms with Crippen LogP contribution in [-0.4, -0.2) is 74.9 Å². The quantitative estimate of drug-likeness (QED) is 0.0211. The number of hydrogen-bond donors (Lipinski definition) is 1. The molecule has 9 nitrogen and oxygen atoms in total. The van der Waals surface area contributed by atoms with Crippen molar-refractivity contribution in [1.82, 2.24) is 0 Å². The molecule has 103 heavy (non-hydrogen) atoms.